The zero-order chi connectivity index (χ0) is 11.7. The van der Waals surface area contributed by atoms with Crippen molar-refractivity contribution in [2.24, 2.45) is 11.7 Å². The molecular formula is C12H28N2O. The Labute approximate surface area is 95.0 Å². The first-order chi connectivity index (χ1) is 7.17. The standard InChI is InChI=1S/C12H28N2O/c1-5-11(6-2)8-14(7-3)9-12(13)10-15-4/h11-12H,5-10,13H2,1-4H3. The monoisotopic (exact) mass is 216 g/mol. The second-order valence-corrected chi connectivity index (χ2v) is 4.25. The van der Waals surface area contributed by atoms with Crippen LogP contribution >= 0.6 is 0 Å². The van der Waals surface area contributed by atoms with Crippen molar-refractivity contribution >= 4 is 0 Å². The summed E-state index contributed by atoms with van der Waals surface area (Å²) in [4.78, 5) is 2.43. The molecule has 0 amide bonds. The Morgan fingerprint density at radius 3 is 2.13 bits per heavy atom. The average molecular weight is 216 g/mol. The molecule has 0 aromatic heterocycles. The number of likely N-dealkylation sites (N-methyl/N-ethyl adjacent to an activating group) is 1. The molecule has 2 N–H and O–H groups in total. The minimum Gasteiger partial charge on any atom is -0.383 e. The van der Waals surface area contributed by atoms with Crippen LogP contribution in [0.1, 0.15) is 33.6 Å². The quantitative estimate of drug-likeness (QED) is 0.638. The SMILES string of the molecule is CCC(CC)CN(CC)CC(N)COC. The Kier molecular flexibility index (Phi) is 9.06. The lowest BCUT2D eigenvalue weighted by molar-refractivity contribution is 0.146. The molecular weight excluding hydrogens is 188 g/mol. The van der Waals surface area contributed by atoms with Gasteiger partial charge >= 0.3 is 0 Å². The molecule has 0 fully saturated rings. The zero-order valence-electron chi connectivity index (χ0n) is 10.8. The lowest BCUT2D eigenvalue weighted by Gasteiger charge is -2.27. The van der Waals surface area contributed by atoms with Crippen LogP contribution in [0.15, 0.2) is 0 Å². The number of ether oxygens (including phenoxy) is 1. The number of nitrogens with two attached hydrogens (primary N) is 1. The van der Waals surface area contributed by atoms with Crippen LogP contribution in [0.5, 0.6) is 0 Å². The van der Waals surface area contributed by atoms with E-state index in [1.165, 1.54) is 19.4 Å². The van der Waals surface area contributed by atoms with Crippen LogP contribution in [0.2, 0.25) is 0 Å². The van der Waals surface area contributed by atoms with Crippen molar-refractivity contribution in [3.63, 3.8) is 0 Å². The van der Waals surface area contributed by atoms with Crippen molar-refractivity contribution in [3.05, 3.63) is 0 Å². The van der Waals surface area contributed by atoms with Crippen molar-refractivity contribution in [2.75, 3.05) is 33.4 Å². The summed E-state index contributed by atoms with van der Waals surface area (Å²) < 4.78 is 5.05. The van der Waals surface area contributed by atoms with E-state index in [9.17, 15) is 0 Å². The third kappa shape index (κ3) is 6.88. The summed E-state index contributed by atoms with van der Waals surface area (Å²) in [5.74, 6) is 0.805. The molecule has 0 saturated carbocycles. The molecule has 0 aliphatic carbocycles. The molecule has 0 rings (SSSR count). The highest BCUT2D eigenvalue weighted by molar-refractivity contribution is 4.69. The van der Waals surface area contributed by atoms with Crippen LogP contribution in [0.4, 0.5) is 0 Å². The number of rotatable bonds is 9. The van der Waals surface area contributed by atoms with E-state index in [2.05, 4.69) is 25.7 Å². The Morgan fingerprint density at radius 1 is 1.13 bits per heavy atom. The summed E-state index contributed by atoms with van der Waals surface area (Å²) >= 11 is 0. The van der Waals surface area contributed by atoms with Gasteiger partial charge in [-0.25, -0.2) is 0 Å². The van der Waals surface area contributed by atoms with Crippen LogP contribution in [0.25, 0.3) is 0 Å². The fourth-order valence-electron chi connectivity index (χ4n) is 1.84. The van der Waals surface area contributed by atoms with Crippen LogP contribution in [-0.2, 0) is 4.74 Å². The molecule has 0 spiro atoms. The van der Waals surface area contributed by atoms with Gasteiger partial charge in [0.1, 0.15) is 0 Å². The molecule has 3 nitrogen and oxygen atoms in total. The van der Waals surface area contributed by atoms with Crippen LogP contribution in [-0.4, -0.2) is 44.3 Å². The first-order valence-corrected chi connectivity index (χ1v) is 6.14. The Bertz CT molecular complexity index is 138. The zero-order valence-corrected chi connectivity index (χ0v) is 10.8. The lowest BCUT2D eigenvalue weighted by atomic mass is 10.0. The summed E-state index contributed by atoms with van der Waals surface area (Å²) in [6.07, 6.45) is 2.51. The second kappa shape index (κ2) is 9.13. The maximum Gasteiger partial charge on any atom is 0.0626 e. The van der Waals surface area contributed by atoms with Crippen molar-refractivity contribution in [1.82, 2.24) is 4.90 Å². The molecule has 0 heterocycles. The van der Waals surface area contributed by atoms with Crippen molar-refractivity contribution < 1.29 is 4.74 Å². The highest BCUT2D eigenvalue weighted by Gasteiger charge is 2.12. The molecule has 0 aliphatic rings. The van der Waals surface area contributed by atoms with E-state index in [1.54, 1.807) is 7.11 Å². The summed E-state index contributed by atoms with van der Waals surface area (Å²) in [5.41, 5.74) is 5.95. The lowest BCUT2D eigenvalue weighted by Crippen LogP contribution is -2.42. The fourth-order valence-corrected chi connectivity index (χ4v) is 1.84. The van der Waals surface area contributed by atoms with Crippen molar-refractivity contribution in [1.29, 1.82) is 0 Å². The smallest absolute Gasteiger partial charge is 0.0626 e. The van der Waals surface area contributed by atoms with Crippen LogP contribution < -0.4 is 5.73 Å². The summed E-state index contributed by atoms with van der Waals surface area (Å²) in [6.45, 7) is 10.6. The van der Waals surface area contributed by atoms with Gasteiger partial charge in [-0.2, -0.15) is 0 Å². The first-order valence-electron chi connectivity index (χ1n) is 6.14. The van der Waals surface area contributed by atoms with Gasteiger partial charge in [-0.15, -0.1) is 0 Å². The number of hydrogen-bond donors (Lipinski definition) is 1. The number of hydrogen-bond acceptors (Lipinski definition) is 3. The molecule has 0 bridgehead atoms. The van der Waals surface area contributed by atoms with E-state index in [0.717, 1.165) is 19.0 Å². The predicted octanol–water partition coefficient (Wildman–Crippen LogP) is 1.72. The summed E-state index contributed by atoms with van der Waals surface area (Å²) in [7, 11) is 1.71. The Morgan fingerprint density at radius 2 is 1.73 bits per heavy atom. The van der Waals surface area contributed by atoms with Crippen LogP contribution in [0.3, 0.4) is 0 Å². The van der Waals surface area contributed by atoms with Gasteiger partial charge in [-0.05, 0) is 12.5 Å². The van der Waals surface area contributed by atoms with E-state index in [1.807, 2.05) is 0 Å². The molecule has 1 unspecified atom stereocenters. The number of nitrogens with zero attached hydrogens (tertiary/aromatic N) is 1. The van der Waals surface area contributed by atoms with Gasteiger partial charge in [-0.3, -0.25) is 0 Å². The molecule has 0 radical (unpaired) electrons. The topological polar surface area (TPSA) is 38.5 Å². The maximum absolute atomic E-state index is 5.95. The summed E-state index contributed by atoms with van der Waals surface area (Å²) in [5, 5.41) is 0. The molecule has 92 valence electrons. The van der Waals surface area contributed by atoms with Crippen molar-refractivity contribution in [3.8, 4) is 0 Å². The summed E-state index contributed by atoms with van der Waals surface area (Å²) in [6, 6.07) is 0.143. The van der Waals surface area contributed by atoms with Gasteiger partial charge in [0.15, 0.2) is 0 Å². The molecule has 1 atom stereocenters. The average Bonchev–Trinajstić information content (AvgIpc) is 2.24. The molecule has 0 aromatic rings. The van der Waals surface area contributed by atoms with Gasteiger partial charge in [0.25, 0.3) is 0 Å². The second-order valence-electron chi connectivity index (χ2n) is 4.25. The van der Waals surface area contributed by atoms with Gasteiger partial charge < -0.3 is 15.4 Å². The molecule has 0 saturated heterocycles. The Balaban J connectivity index is 3.90. The minimum atomic E-state index is 0.143. The molecule has 3 heteroatoms. The van der Waals surface area contributed by atoms with Gasteiger partial charge in [0.2, 0.25) is 0 Å². The molecule has 15 heavy (non-hydrogen) atoms. The molecule has 0 aromatic carbocycles. The van der Waals surface area contributed by atoms with E-state index in [0.29, 0.717) is 6.61 Å². The van der Waals surface area contributed by atoms with E-state index < -0.39 is 0 Å². The minimum absolute atomic E-state index is 0.143. The van der Waals surface area contributed by atoms with E-state index in [-0.39, 0.29) is 6.04 Å². The fraction of sp³-hybridized carbons (Fsp3) is 1.00. The van der Waals surface area contributed by atoms with Gasteiger partial charge in [0, 0.05) is 26.2 Å². The predicted molar refractivity (Wildman–Crippen MR) is 66.0 cm³/mol. The highest BCUT2D eigenvalue weighted by Crippen LogP contribution is 2.09. The van der Waals surface area contributed by atoms with Gasteiger partial charge in [0.05, 0.1) is 6.61 Å². The van der Waals surface area contributed by atoms with Crippen LogP contribution in [0, 0.1) is 5.92 Å². The molecule has 0 aliphatic heterocycles. The highest BCUT2D eigenvalue weighted by atomic mass is 16.5. The van der Waals surface area contributed by atoms with Crippen molar-refractivity contribution in [2.45, 2.75) is 39.7 Å². The van der Waals surface area contributed by atoms with Gasteiger partial charge in [-0.1, -0.05) is 33.6 Å². The largest absolute Gasteiger partial charge is 0.383 e. The maximum atomic E-state index is 5.95. The third-order valence-electron chi connectivity index (χ3n) is 2.99. The van der Waals surface area contributed by atoms with E-state index in [4.69, 9.17) is 10.5 Å². The first kappa shape index (κ1) is 14.9. The third-order valence-corrected chi connectivity index (χ3v) is 2.99. The number of methoxy groups -OCH3 is 1. The van der Waals surface area contributed by atoms with E-state index >= 15 is 0 Å². The Hall–Kier alpha value is -0.120. The normalized spacial score (nSPS) is 13.8.